The van der Waals surface area contributed by atoms with E-state index in [-0.39, 0.29) is 5.56 Å². The van der Waals surface area contributed by atoms with Crippen LogP contribution in [0.15, 0.2) is 36.4 Å². The Labute approximate surface area is 86.0 Å². The Balaban J connectivity index is 2.74. The van der Waals surface area contributed by atoms with Crippen molar-refractivity contribution in [2.45, 2.75) is 0 Å². The summed E-state index contributed by atoms with van der Waals surface area (Å²) in [7, 11) is 0. The maximum absolute atomic E-state index is 10.7. The van der Waals surface area contributed by atoms with Crippen LogP contribution in [0.25, 0.3) is 10.8 Å². The third-order valence-corrected chi connectivity index (χ3v) is 2.29. The summed E-state index contributed by atoms with van der Waals surface area (Å²) >= 11 is 0. The van der Waals surface area contributed by atoms with Gasteiger partial charge in [-0.25, -0.2) is 4.79 Å². The summed E-state index contributed by atoms with van der Waals surface area (Å²) in [6.07, 6.45) is 0.767. The van der Waals surface area contributed by atoms with Crippen molar-refractivity contribution in [1.29, 1.82) is 0 Å². The van der Waals surface area contributed by atoms with Gasteiger partial charge in [0.25, 0.3) is 0 Å². The first-order valence-corrected chi connectivity index (χ1v) is 4.43. The molecule has 0 saturated carbocycles. The Morgan fingerprint density at radius 1 is 1.20 bits per heavy atom. The zero-order valence-electron chi connectivity index (χ0n) is 7.81. The van der Waals surface area contributed by atoms with E-state index in [9.17, 15) is 9.59 Å². The van der Waals surface area contributed by atoms with E-state index < -0.39 is 5.97 Å². The van der Waals surface area contributed by atoms with Crippen LogP contribution in [-0.2, 0) is 0 Å². The van der Waals surface area contributed by atoms with Crippen LogP contribution in [0.2, 0.25) is 0 Å². The molecule has 0 amide bonds. The molecule has 2 aromatic rings. The van der Waals surface area contributed by atoms with E-state index in [1.165, 1.54) is 6.07 Å². The van der Waals surface area contributed by atoms with Crippen LogP contribution in [0, 0.1) is 0 Å². The Hall–Kier alpha value is -2.16. The van der Waals surface area contributed by atoms with Gasteiger partial charge in [-0.15, -0.1) is 0 Å². The molecular formula is C12H8O3. The quantitative estimate of drug-likeness (QED) is 0.757. The minimum Gasteiger partial charge on any atom is -0.478 e. The standard InChI is InChI=1S/C12H8O3/c13-7-10-3-1-2-8-6-9(12(14)15)4-5-11(8)10/h1-7H,(H,14,15). The van der Waals surface area contributed by atoms with Gasteiger partial charge in [-0.3, -0.25) is 4.79 Å². The molecular weight excluding hydrogens is 192 g/mol. The van der Waals surface area contributed by atoms with Crippen LogP contribution in [0.4, 0.5) is 0 Å². The van der Waals surface area contributed by atoms with Crippen LogP contribution >= 0.6 is 0 Å². The molecule has 74 valence electrons. The normalized spacial score (nSPS) is 10.1. The van der Waals surface area contributed by atoms with Gasteiger partial charge < -0.3 is 5.11 Å². The fourth-order valence-electron chi connectivity index (χ4n) is 1.54. The van der Waals surface area contributed by atoms with E-state index in [2.05, 4.69) is 0 Å². The molecule has 0 radical (unpaired) electrons. The lowest BCUT2D eigenvalue weighted by molar-refractivity contribution is 0.0697. The molecule has 2 aromatic carbocycles. The van der Waals surface area contributed by atoms with Gasteiger partial charge in [-0.05, 0) is 22.9 Å². The Kier molecular flexibility index (Phi) is 2.21. The van der Waals surface area contributed by atoms with E-state index >= 15 is 0 Å². The summed E-state index contributed by atoms with van der Waals surface area (Å²) in [4.78, 5) is 21.5. The first kappa shape index (κ1) is 9.40. The second-order valence-corrected chi connectivity index (χ2v) is 3.21. The number of aromatic carboxylic acids is 1. The Morgan fingerprint density at radius 3 is 2.67 bits per heavy atom. The van der Waals surface area contributed by atoms with E-state index in [4.69, 9.17) is 5.11 Å². The Bertz CT molecular complexity index is 544. The molecule has 0 bridgehead atoms. The molecule has 0 aromatic heterocycles. The molecule has 0 aliphatic carbocycles. The van der Waals surface area contributed by atoms with Crippen LogP contribution in [0.3, 0.4) is 0 Å². The lowest BCUT2D eigenvalue weighted by Crippen LogP contribution is -1.95. The fourth-order valence-corrected chi connectivity index (χ4v) is 1.54. The topological polar surface area (TPSA) is 54.4 Å². The summed E-state index contributed by atoms with van der Waals surface area (Å²) in [5.41, 5.74) is 0.801. The third kappa shape index (κ3) is 1.59. The number of aldehydes is 1. The van der Waals surface area contributed by atoms with Gasteiger partial charge in [0.05, 0.1) is 5.56 Å². The highest BCUT2D eigenvalue weighted by atomic mass is 16.4. The zero-order chi connectivity index (χ0) is 10.8. The molecule has 2 rings (SSSR count). The lowest BCUT2D eigenvalue weighted by Gasteiger charge is -2.01. The maximum atomic E-state index is 10.7. The number of hydrogen-bond acceptors (Lipinski definition) is 2. The third-order valence-electron chi connectivity index (χ3n) is 2.29. The van der Waals surface area contributed by atoms with Gasteiger partial charge >= 0.3 is 5.97 Å². The lowest BCUT2D eigenvalue weighted by atomic mass is 10.0. The molecule has 0 fully saturated rings. The van der Waals surface area contributed by atoms with Crippen LogP contribution < -0.4 is 0 Å². The molecule has 0 heterocycles. The average molecular weight is 200 g/mol. The fraction of sp³-hybridized carbons (Fsp3) is 0. The molecule has 0 aliphatic heterocycles. The van der Waals surface area contributed by atoms with E-state index in [1.807, 2.05) is 0 Å². The van der Waals surface area contributed by atoms with Crippen molar-refractivity contribution in [2.75, 3.05) is 0 Å². The molecule has 0 unspecified atom stereocenters. The number of benzene rings is 2. The van der Waals surface area contributed by atoms with E-state index in [1.54, 1.807) is 30.3 Å². The van der Waals surface area contributed by atoms with Gasteiger partial charge in [0.1, 0.15) is 0 Å². The first-order chi connectivity index (χ1) is 7.22. The molecule has 0 atom stereocenters. The smallest absolute Gasteiger partial charge is 0.335 e. The summed E-state index contributed by atoms with van der Waals surface area (Å²) in [5, 5.41) is 10.3. The predicted molar refractivity (Wildman–Crippen MR) is 56.3 cm³/mol. The number of carboxylic acid groups (broad SMARTS) is 1. The zero-order valence-corrected chi connectivity index (χ0v) is 7.81. The molecule has 0 saturated heterocycles. The second-order valence-electron chi connectivity index (χ2n) is 3.21. The van der Waals surface area contributed by atoms with Crippen molar-refractivity contribution in [3.05, 3.63) is 47.5 Å². The summed E-state index contributed by atoms with van der Waals surface area (Å²) < 4.78 is 0. The number of carboxylic acids is 1. The summed E-state index contributed by atoms with van der Waals surface area (Å²) in [6, 6.07) is 9.94. The molecule has 0 aliphatic rings. The van der Waals surface area contributed by atoms with E-state index in [0.29, 0.717) is 5.56 Å². The van der Waals surface area contributed by atoms with Crippen molar-refractivity contribution >= 4 is 23.0 Å². The monoisotopic (exact) mass is 200 g/mol. The minimum atomic E-state index is -0.964. The predicted octanol–water partition coefficient (Wildman–Crippen LogP) is 2.35. The van der Waals surface area contributed by atoms with Crippen molar-refractivity contribution in [2.24, 2.45) is 0 Å². The van der Waals surface area contributed by atoms with Gasteiger partial charge in [0.15, 0.2) is 6.29 Å². The van der Waals surface area contributed by atoms with Crippen molar-refractivity contribution in [3.8, 4) is 0 Å². The van der Waals surface area contributed by atoms with E-state index in [0.717, 1.165) is 17.1 Å². The highest BCUT2D eigenvalue weighted by Gasteiger charge is 2.05. The summed E-state index contributed by atoms with van der Waals surface area (Å²) in [6.45, 7) is 0. The molecule has 0 spiro atoms. The summed E-state index contributed by atoms with van der Waals surface area (Å²) in [5.74, 6) is -0.964. The largest absolute Gasteiger partial charge is 0.478 e. The molecule has 3 heteroatoms. The van der Waals surface area contributed by atoms with Crippen LogP contribution in [0.1, 0.15) is 20.7 Å². The van der Waals surface area contributed by atoms with Gasteiger partial charge in [-0.1, -0.05) is 24.3 Å². The number of fused-ring (bicyclic) bond motifs is 1. The number of rotatable bonds is 2. The van der Waals surface area contributed by atoms with Crippen molar-refractivity contribution in [3.63, 3.8) is 0 Å². The van der Waals surface area contributed by atoms with Crippen LogP contribution in [0.5, 0.6) is 0 Å². The molecule has 1 N–H and O–H groups in total. The molecule has 15 heavy (non-hydrogen) atoms. The van der Waals surface area contributed by atoms with Crippen LogP contribution in [-0.4, -0.2) is 17.4 Å². The van der Waals surface area contributed by atoms with Gasteiger partial charge in [0, 0.05) is 5.56 Å². The van der Waals surface area contributed by atoms with Gasteiger partial charge in [0.2, 0.25) is 0 Å². The van der Waals surface area contributed by atoms with Gasteiger partial charge in [-0.2, -0.15) is 0 Å². The maximum Gasteiger partial charge on any atom is 0.335 e. The highest BCUT2D eigenvalue weighted by molar-refractivity contribution is 6.01. The Morgan fingerprint density at radius 2 is 2.00 bits per heavy atom. The molecule has 3 nitrogen and oxygen atoms in total. The minimum absolute atomic E-state index is 0.227. The van der Waals surface area contributed by atoms with Crippen molar-refractivity contribution < 1.29 is 14.7 Å². The SMILES string of the molecule is O=Cc1cccc2cc(C(=O)O)ccc12. The number of hydrogen-bond donors (Lipinski definition) is 1. The average Bonchev–Trinajstić information content (AvgIpc) is 2.27. The van der Waals surface area contributed by atoms with Crippen molar-refractivity contribution in [1.82, 2.24) is 0 Å². The second kappa shape index (κ2) is 3.53. The number of carbonyl (C=O) groups excluding carboxylic acids is 1. The first-order valence-electron chi connectivity index (χ1n) is 4.43. The number of carbonyl (C=O) groups is 2. The highest BCUT2D eigenvalue weighted by Crippen LogP contribution is 2.19.